The molecule has 0 aromatic heterocycles. The Hall–Kier alpha value is -1.76. The highest BCUT2D eigenvalue weighted by atomic mass is 32.2. The van der Waals surface area contributed by atoms with Crippen molar-refractivity contribution in [3.8, 4) is 5.75 Å². The van der Waals surface area contributed by atoms with Crippen LogP contribution in [0.25, 0.3) is 0 Å². The first-order valence-electron chi connectivity index (χ1n) is 7.12. The van der Waals surface area contributed by atoms with E-state index in [2.05, 4.69) is 5.32 Å². The Kier molecular flexibility index (Phi) is 3.99. The number of fused-ring (bicyclic) bond motifs is 1. The van der Waals surface area contributed by atoms with E-state index in [0.717, 1.165) is 30.6 Å². The van der Waals surface area contributed by atoms with Crippen LogP contribution >= 0.6 is 11.8 Å². The molecule has 7 heteroatoms. The molecule has 0 spiro atoms. The molecule has 1 heterocycles. The maximum atomic E-state index is 13.7. The second kappa shape index (κ2) is 5.79. The molecule has 1 aromatic carbocycles. The Morgan fingerprint density at radius 3 is 3.14 bits per heavy atom. The monoisotopic (exact) mass is 324 g/mol. The normalized spacial score (nSPS) is 27.0. The zero-order valence-corrected chi connectivity index (χ0v) is 13.0. The van der Waals surface area contributed by atoms with Gasteiger partial charge in [0.1, 0.15) is 0 Å². The third-order valence-corrected chi connectivity index (χ3v) is 5.41. The van der Waals surface area contributed by atoms with Gasteiger partial charge < -0.3 is 9.84 Å². The van der Waals surface area contributed by atoms with E-state index in [1.807, 2.05) is 0 Å². The molecule has 1 fully saturated rings. The third kappa shape index (κ3) is 2.54. The number of nitrogens with zero attached hydrogens (tertiary/aromatic N) is 1. The Morgan fingerprint density at radius 2 is 2.41 bits per heavy atom. The first kappa shape index (κ1) is 15.1. The summed E-state index contributed by atoms with van der Waals surface area (Å²) < 4.78 is 18.7. The summed E-state index contributed by atoms with van der Waals surface area (Å²) in [5.41, 5.74) is 0.405. The van der Waals surface area contributed by atoms with Crippen LogP contribution in [0.3, 0.4) is 0 Å². The number of amides is 1. The molecule has 118 valence electrons. The second-order valence-electron chi connectivity index (χ2n) is 5.52. The van der Waals surface area contributed by atoms with Gasteiger partial charge in [-0.25, -0.2) is 9.18 Å². The van der Waals surface area contributed by atoms with Gasteiger partial charge in [0.25, 0.3) is 0 Å². The van der Waals surface area contributed by atoms with Crippen LogP contribution in [-0.4, -0.2) is 29.2 Å². The van der Waals surface area contributed by atoms with Crippen molar-refractivity contribution in [2.75, 3.05) is 12.9 Å². The van der Waals surface area contributed by atoms with Crippen molar-refractivity contribution in [1.29, 1.82) is 0 Å². The lowest BCUT2D eigenvalue weighted by molar-refractivity contribution is 0.200. The van der Waals surface area contributed by atoms with E-state index in [1.54, 1.807) is 12.1 Å². The van der Waals surface area contributed by atoms with Crippen molar-refractivity contribution in [1.82, 2.24) is 5.32 Å². The molecule has 0 saturated heterocycles. The van der Waals surface area contributed by atoms with Crippen molar-refractivity contribution in [3.63, 3.8) is 0 Å². The average molecular weight is 324 g/mol. The molecule has 2 unspecified atom stereocenters. The highest BCUT2D eigenvalue weighted by Crippen LogP contribution is 2.51. The summed E-state index contributed by atoms with van der Waals surface area (Å²) in [5, 5.41) is 11.7. The van der Waals surface area contributed by atoms with Gasteiger partial charge in [0, 0.05) is 5.75 Å². The summed E-state index contributed by atoms with van der Waals surface area (Å²) in [6, 6.07) is 4.80. The number of carbonyl (C=O) groups is 1. The number of aliphatic imine (C=N–C) groups is 1. The molecule has 1 aromatic rings. The third-order valence-electron chi connectivity index (χ3n) is 4.37. The van der Waals surface area contributed by atoms with Crippen LogP contribution < -0.4 is 10.1 Å². The SMILES string of the molecule is COc1cc(C23CCCC2CSC(NC(=O)O)=N3)ccc1F. The van der Waals surface area contributed by atoms with E-state index in [4.69, 9.17) is 14.8 Å². The van der Waals surface area contributed by atoms with Gasteiger partial charge in [-0.15, -0.1) is 0 Å². The minimum absolute atomic E-state index is 0.193. The smallest absolute Gasteiger partial charge is 0.410 e. The number of methoxy groups -OCH3 is 1. The molecular formula is C15H17FN2O3S. The number of benzene rings is 1. The standard InChI is InChI=1S/C15H17FN2O3S/c1-21-12-7-9(4-5-11(12)16)15-6-2-3-10(15)8-22-13(18-15)17-14(19)20/h4-5,7,10H,2-3,6,8H2,1H3,(H,17,18)(H,19,20). The molecule has 1 aliphatic heterocycles. The van der Waals surface area contributed by atoms with Gasteiger partial charge >= 0.3 is 6.09 Å². The van der Waals surface area contributed by atoms with Gasteiger partial charge in [-0.3, -0.25) is 10.3 Å². The highest BCUT2D eigenvalue weighted by Gasteiger charge is 2.47. The van der Waals surface area contributed by atoms with E-state index in [0.29, 0.717) is 11.1 Å². The minimum Gasteiger partial charge on any atom is -0.494 e. The Morgan fingerprint density at radius 1 is 1.59 bits per heavy atom. The van der Waals surface area contributed by atoms with E-state index >= 15 is 0 Å². The molecule has 2 aliphatic rings. The first-order valence-corrected chi connectivity index (χ1v) is 8.10. The zero-order chi connectivity index (χ0) is 15.7. The van der Waals surface area contributed by atoms with Crippen LogP contribution in [-0.2, 0) is 5.54 Å². The van der Waals surface area contributed by atoms with Crippen LogP contribution in [0.2, 0.25) is 0 Å². The van der Waals surface area contributed by atoms with Gasteiger partial charge in [0.15, 0.2) is 16.7 Å². The fourth-order valence-corrected chi connectivity index (χ4v) is 4.54. The molecule has 1 saturated carbocycles. The highest BCUT2D eigenvalue weighted by molar-refractivity contribution is 8.13. The molecule has 22 heavy (non-hydrogen) atoms. The zero-order valence-electron chi connectivity index (χ0n) is 12.1. The number of hydrogen-bond donors (Lipinski definition) is 2. The number of nitrogens with one attached hydrogen (secondary N) is 1. The van der Waals surface area contributed by atoms with Gasteiger partial charge in [0.05, 0.1) is 12.6 Å². The number of hydrogen-bond acceptors (Lipinski definition) is 4. The number of ether oxygens (including phenoxy) is 1. The van der Waals surface area contributed by atoms with E-state index in [-0.39, 0.29) is 5.75 Å². The van der Waals surface area contributed by atoms with E-state index < -0.39 is 17.4 Å². The maximum absolute atomic E-state index is 13.7. The summed E-state index contributed by atoms with van der Waals surface area (Å²) in [4.78, 5) is 15.6. The second-order valence-corrected chi connectivity index (χ2v) is 6.53. The topological polar surface area (TPSA) is 70.9 Å². The predicted octanol–water partition coefficient (Wildman–Crippen LogP) is 3.20. The molecule has 1 aliphatic carbocycles. The molecule has 2 atom stereocenters. The lowest BCUT2D eigenvalue weighted by Gasteiger charge is -2.36. The first-order chi connectivity index (χ1) is 10.5. The van der Waals surface area contributed by atoms with Crippen LogP contribution in [0, 0.1) is 11.7 Å². The molecule has 1 amide bonds. The maximum Gasteiger partial charge on any atom is 0.410 e. The fourth-order valence-electron chi connectivity index (χ4n) is 3.35. The van der Waals surface area contributed by atoms with Crippen LogP contribution in [0.15, 0.2) is 23.2 Å². The van der Waals surface area contributed by atoms with Gasteiger partial charge in [-0.05, 0) is 36.5 Å². The van der Waals surface area contributed by atoms with Crippen molar-refractivity contribution in [2.24, 2.45) is 10.9 Å². The molecule has 0 radical (unpaired) electrons. The Labute approximate surface area is 132 Å². The molecule has 0 bridgehead atoms. The Bertz CT molecular complexity index is 637. The van der Waals surface area contributed by atoms with Gasteiger partial charge in [-0.1, -0.05) is 24.2 Å². The van der Waals surface area contributed by atoms with E-state index in [1.165, 1.54) is 24.9 Å². The predicted molar refractivity (Wildman–Crippen MR) is 83.0 cm³/mol. The summed E-state index contributed by atoms with van der Waals surface area (Å²) >= 11 is 1.43. The van der Waals surface area contributed by atoms with Crippen LogP contribution in [0.5, 0.6) is 5.75 Å². The fraction of sp³-hybridized carbons (Fsp3) is 0.467. The quantitative estimate of drug-likeness (QED) is 0.876. The Balaban J connectivity index is 2.05. The summed E-state index contributed by atoms with van der Waals surface area (Å²) in [6.45, 7) is 0. The lowest BCUT2D eigenvalue weighted by atomic mass is 9.81. The summed E-state index contributed by atoms with van der Waals surface area (Å²) in [5.74, 6) is 0.916. The number of thioether (sulfide) groups is 1. The van der Waals surface area contributed by atoms with Crippen molar-refractivity contribution in [3.05, 3.63) is 29.6 Å². The van der Waals surface area contributed by atoms with Crippen LogP contribution in [0.4, 0.5) is 9.18 Å². The average Bonchev–Trinajstić information content (AvgIpc) is 2.91. The lowest BCUT2D eigenvalue weighted by Crippen LogP contribution is -2.39. The number of halogens is 1. The number of carboxylic acid groups (broad SMARTS) is 1. The van der Waals surface area contributed by atoms with Gasteiger partial charge in [0.2, 0.25) is 0 Å². The number of amidine groups is 1. The molecule has 3 rings (SSSR count). The minimum atomic E-state index is -1.12. The van der Waals surface area contributed by atoms with Crippen LogP contribution in [0.1, 0.15) is 24.8 Å². The van der Waals surface area contributed by atoms with Crippen molar-refractivity contribution >= 4 is 23.0 Å². The van der Waals surface area contributed by atoms with Crippen molar-refractivity contribution in [2.45, 2.75) is 24.8 Å². The van der Waals surface area contributed by atoms with Crippen molar-refractivity contribution < 1.29 is 19.0 Å². The molecule has 2 N–H and O–H groups in total. The number of rotatable bonds is 2. The van der Waals surface area contributed by atoms with Gasteiger partial charge in [-0.2, -0.15) is 0 Å². The molecule has 5 nitrogen and oxygen atoms in total. The largest absolute Gasteiger partial charge is 0.494 e. The van der Waals surface area contributed by atoms with E-state index in [9.17, 15) is 9.18 Å². The summed E-state index contributed by atoms with van der Waals surface area (Å²) in [7, 11) is 1.43. The molecular weight excluding hydrogens is 307 g/mol. The summed E-state index contributed by atoms with van der Waals surface area (Å²) in [6.07, 6.45) is 1.78.